The molecular formula is C11H11F3N4O. The normalized spacial score (nSPS) is 11.8. The fraction of sp³-hybridized carbons (Fsp3) is 0.273. The first-order chi connectivity index (χ1) is 8.95. The van der Waals surface area contributed by atoms with Gasteiger partial charge in [0, 0.05) is 0 Å². The van der Waals surface area contributed by atoms with Gasteiger partial charge in [-0.3, -0.25) is 0 Å². The molecule has 8 heteroatoms. The Morgan fingerprint density at radius 1 is 1.37 bits per heavy atom. The van der Waals surface area contributed by atoms with Crippen molar-refractivity contribution in [1.82, 2.24) is 20.1 Å². The minimum atomic E-state index is -4.54. The van der Waals surface area contributed by atoms with E-state index in [0.717, 1.165) is 10.6 Å². The molecule has 19 heavy (non-hydrogen) atoms. The van der Waals surface area contributed by atoms with Crippen LogP contribution in [0.15, 0.2) is 29.1 Å². The van der Waals surface area contributed by atoms with E-state index in [4.69, 9.17) is 0 Å². The molecule has 0 unspecified atom stereocenters. The highest BCUT2D eigenvalue weighted by Crippen LogP contribution is 2.33. The highest BCUT2D eigenvalue weighted by atomic mass is 19.4. The Morgan fingerprint density at radius 2 is 2.05 bits per heavy atom. The molecule has 0 aliphatic heterocycles. The third-order valence-electron chi connectivity index (χ3n) is 2.53. The van der Waals surface area contributed by atoms with Gasteiger partial charge in [0.25, 0.3) is 0 Å². The zero-order valence-corrected chi connectivity index (χ0v) is 9.95. The summed E-state index contributed by atoms with van der Waals surface area (Å²) in [6, 6.07) is 4.87. The van der Waals surface area contributed by atoms with Gasteiger partial charge in [0.15, 0.2) is 5.82 Å². The second-order valence-electron chi connectivity index (χ2n) is 3.83. The van der Waals surface area contributed by atoms with E-state index in [1.54, 1.807) is 7.05 Å². The third-order valence-corrected chi connectivity index (χ3v) is 2.53. The summed E-state index contributed by atoms with van der Waals surface area (Å²) in [7, 11) is 1.61. The smallest absolute Gasteiger partial charge is 0.313 e. The second kappa shape index (κ2) is 4.88. The Hall–Kier alpha value is -2.09. The summed E-state index contributed by atoms with van der Waals surface area (Å²) in [4.78, 5) is 11.6. The number of aromatic nitrogens is 3. The molecule has 102 valence electrons. The zero-order valence-electron chi connectivity index (χ0n) is 9.95. The van der Waals surface area contributed by atoms with E-state index < -0.39 is 17.4 Å². The van der Waals surface area contributed by atoms with Crippen LogP contribution in [-0.2, 0) is 12.7 Å². The van der Waals surface area contributed by atoms with Gasteiger partial charge in [-0.2, -0.15) is 18.3 Å². The van der Waals surface area contributed by atoms with Crippen LogP contribution in [0.2, 0.25) is 0 Å². The predicted octanol–water partition coefficient (Wildman–Crippen LogP) is 1.30. The van der Waals surface area contributed by atoms with Gasteiger partial charge in [0.05, 0.1) is 17.8 Å². The largest absolute Gasteiger partial charge is 0.418 e. The molecule has 0 saturated carbocycles. The molecule has 2 aromatic rings. The molecule has 0 saturated heterocycles. The Kier molecular flexibility index (Phi) is 3.43. The lowest BCUT2D eigenvalue weighted by atomic mass is 10.1. The molecule has 0 amide bonds. The van der Waals surface area contributed by atoms with Gasteiger partial charge in [-0.25, -0.2) is 14.5 Å². The van der Waals surface area contributed by atoms with Crippen LogP contribution in [0.5, 0.6) is 0 Å². The van der Waals surface area contributed by atoms with Crippen molar-refractivity contribution in [3.63, 3.8) is 0 Å². The molecule has 0 fully saturated rings. The fourth-order valence-corrected chi connectivity index (χ4v) is 1.76. The fourth-order valence-electron chi connectivity index (χ4n) is 1.76. The summed E-state index contributed by atoms with van der Waals surface area (Å²) in [5, 5.41) is 8.59. The van der Waals surface area contributed by atoms with Gasteiger partial charge >= 0.3 is 11.9 Å². The van der Waals surface area contributed by atoms with Crippen LogP contribution in [0.3, 0.4) is 0 Å². The zero-order chi connectivity index (χ0) is 14.0. The van der Waals surface area contributed by atoms with Crippen LogP contribution in [0.25, 0.3) is 5.69 Å². The van der Waals surface area contributed by atoms with Crippen LogP contribution in [0.1, 0.15) is 11.4 Å². The monoisotopic (exact) mass is 272 g/mol. The molecule has 1 aromatic heterocycles. The molecule has 0 bridgehead atoms. The summed E-state index contributed by atoms with van der Waals surface area (Å²) < 4.78 is 39.7. The number of para-hydroxylation sites is 1. The molecule has 2 rings (SSSR count). The highest BCUT2D eigenvalue weighted by molar-refractivity contribution is 5.43. The van der Waals surface area contributed by atoms with E-state index in [1.807, 2.05) is 0 Å². The Balaban J connectivity index is 2.66. The van der Waals surface area contributed by atoms with E-state index in [1.165, 1.54) is 18.2 Å². The first-order valence-electron chi connectivity index (χ1n) is 5.42. The molecule has 2 N–H and O–H groups in total. The molecule has 5 nitrogen and oxygen atoms in total. The van der Waals surface area contributed by atoms with E-state index in [-0.39, 0.29) is 18.1 Å². The van der Waals surface area contributed by atoms with Gasteiger partial charge in [-0.15, -0.1) is 0 Å². The van der Waals surface area contributed by atoms with Crippen LogP contribution in [-0.4, -0.2) is 21.8 Å². The lowest BCUT2D eigenvalue weighted by molar-refractivity contribution is -0.137. The number of H-pyrrole nitrogens is 1. The van der Waals surface area contributed by atoms with Gasteiger partial charge in [0.2, 0.25) is 0 Å². The van der Waals surface area contributed by atoms with Crippen molar-refractivity contribution < 1.29 is 13.2 Å². The molecule has 0 spiro atoms. The molecule has 0 aliphatic carbocycles. The first-order valence-corrected chi connectivity index (χ1v) is 5.42. The van der Waals surface area contributed by atoms with E-state index in [0.29, 0.717) is 0 Å². The van der Waals surface area contributed by atoms with E-state index >= 15 is 0 Å². The van der Waals surface area contributed by atoms with Crippen molar-refractivity contribution in [2.75, 3.05) is 7.05 Å². The maximum Gasteiger partial charge on any atom is 0.418 e. The number of hydrogen-bond acceptors (Lipinski definition) is 3. The number of aromatic amines is 1. The van der Waals surface area contributed by atoms with Gasteiger partial charge in [-0.05, 0) is 19.2 Å². The third kappa shape index (κ3) is 2.53. The molecule has 1 heterocycles. The average Bonchev–Trinajstić information content (AvgIpc) is 2.70. The van der Waals surface area contributed by atoms with E-state index in [2.05, 4.69) is 15.5 Å². The van der Waals surface area contributed by atoms with Crippen LogP contribution < -0.4 is 11.0 Å². The Bertz CT molecular complexity index is 629. The summed E-state index contributed by atoms with van der Waals surface area (Å²) in [5.41, 5.74) is -1.82. The minimum Gasteiger partial charge on any atom is -0.313 e. The quantitative estimate of drug-likeness (QED) is 0.885. The van der Waals surface area contributed by atoms with E-state index in [9.17, 15) is 18.0 Å². The summed E-state index contributed by atoms with van der Waals surface area (Å²) in [6.07, 6.45) is -4.54. The maximum absolute atomic E-state index is 12.9. The van der Waals surface area contributed by atoms with Crippen molar-refractivity contribution in [3.8, 4) is 5.69 Å². The second-order valence-corrected chi connectivity index (χ2v) is 3.83. The molecule has 0 radical (unpaired) electrons. The predicted molar refractivity (Wildman–Crippen MR) is 62.0 cm³/mol. The maximum atomic E-state index is 12.9. The van der Waals surface area contributed by atoms with Crippen LogP contribution in [0, 0.1) is 0 Å². The number of benzene rings is 1. The SMILES string of the molecule is CNCc1n[nH]c(=O)n1-c1ccccc1C(F)(F)F. The number of nitrogens with one attached hydrogen (secondary N) is 2. The molecule has 0 atom stereocenters. The molecule has 0 aliphatic rings. The Morgan fingerprint density at radius 3 is 2.68 bits per heavy atom. The van der Waals surface area contributed by atoms with Crippen molar-refractivity contribution >= 4 is 0 Å². The van der Waals surface area contributed by atoms with Crippen molar-refractivity contribution in [2.24, 2.45) is 0 Å². The van der Waals surface area contributed by atoms with Crippen LogP contribution in [0.4, 0.5) is 13.2 Å². The number of rotatable bonds is 3. The standard InChI is InChI=1S/C11H11F3N4O/c1-15-6-9-16-17-10(19)18(9)8-5-3-2-4-7(8)11(12,13)14/h2-5,15H,6H2,1H3,(H,17,19). The number of nitrogens with zero attached hydrogens (tertiary/aromatic N) is 2. The summed E-state index contributed by atoms with van der Waals surface area (Å²) in [6.45, 7) is 0.172. The lowest BCUT2D eigenvalue weighted by Gasteiger charge is -2.13. The average molecular weight is 272 g/mol. The number of hydrogen-bond donors (Lipinski definition) is 2. The molecule has 1 aromatic carbocycles. The lowest BCUT2D eigenvalue weighted by Crippen LogP contribution is -2.22. The summed E-state index contributed by atoms with van der Waals surface area (Å²) in [5.74, 6) is 0.184. The summed E-state index contributed by atoms with van der Waals surface area (Å²) >= 11 is 0. The van der Waals surface area contributed by atoms with Crippen LogP contribution >= 0.6 is 0 Å². The topological polar surface area (TPSA) is 62.7 Å². The van der Waals surface area contributed by atoms with Gasteiger partial charge in [0.1, 0.15) is 0 Å². The minimum absolute atomic E-state index is 0.172. The van der Waals surface area contributed by atoms with Crippen molar-refractivity contribution in [3.05, 3.63) is 46.1 Å². The van der Waals surface area contributed by atoms with Gasteiger partial charge in [-0.1, -0.05) is 12.1 Å². The number of halogens is 3. The number of alkyl halides is 3. The highest BCUT2D eigenvalue weighted by Gasteiger charge is 2.34. The van der Waals surface area contributed by atoms with Crippen molar-refractivity contribution in [1.29, 1.82) is 0 Å². The first kappa shape index (κ1) is 13.3. The Labute approximate surface area is 106 Å². The van der Waals surface area contributed by atoms with Crippen molar-refractivity contribution in [2.45, 2.75) is 12.7 Å². The molecular weight excluding hydrogens is 261 g/mol. The van der Waals surface area contributed by atoms with Gasteiger partial charge < -0.3 is 5.32 Å².